The fourth-order valence-corrected chi connectivity index (χ4v) is 2.43. The Labute approximate surface area is 156 Å². The average molecular weight is 355 g/mol. The van der Waals surface area contributed by atoms with E-state index >= 15 is 0 Å². The molecule has 0 radical (unpaired) electrons. The van der Waals surface area contributed by atoms with Crippen molar-refractivity contribution in [3.8, 4) is 11.5 Å². The van der Waals surface area contributed by atoms with Crippen molar-refractivity contribution in [2.45, 2.75) is 52.6 Å². The van der Waals surface area contributed by atoms with E-state index in [1.54, 1.807) is 6.92 Å². The Bertz CT molecular complexity index is 695. The first-order valence-electron chi connectivity index (χ1n) is 9.30. The summed E-state index contributed by atoms with van der Waals surface area (Å²) in [5, 5.41) is 2.88. The molecule has 4 nitrogen and oxygen atoms in total. The van der Waals surface area contributed by atoms with Gasteiger partial charge in [0.25, 0.3) is 5.91 Å². The summed E-state index contributed by atoms with van der Waals surface area (Å²) in [6.45, 7) is 8.84. The standard InChI is InChI=1S/C22H29NO3/c1-5-6-14-25-21-9-7-8-19(15-21)23-22(24)17(4)26-20-12-10-18(11-13-20)16(2)3/h7-13,15-17H,5-6,14H2,1-4H3,(H,23,24). The molecule has 1 unspecified atom stereocenters. The number of benzene rings is 2. The molecule has 0 spiro atoms. The van der Waals surface area contributed by atoms with E-state index in [4.69, 9.17) is 9.47 Å². The largest absolute Gasteiger partial charge is 0.494 e. The summed E-state index contributed by atoms with van der Waals surface area (Å²) >= 11 is 0. The van der Waals surface area contributed by atoms with Crippen molar-refractivity contribution in [1.82, 2.24) is 0 Å². The zero-order valence-corrected chi connectivity index (χ0v) is 16.1. The Morgan fingerprint density at radius 1 is 1.04 bits per heavy atom. The molecule has 0 aromatic heterocycles. The van der Waals surface area contributed by atoms with Crippen LogP contribution in [0.25, 0.3) is 0 Å². The van der Waals surface area contributed by atoms with E-state index in [0.717, 1.165) is 18.6 Å². The van der Waals surface area contributed by atoms with Gasteiger partial charge in [0.15, 0.2) is 6.10 Å². The lowest BCUT2D eigenvalue weighted by atomic mass is 10.0. The number of hydrogen-bond donors (Lipinski definition) is 1. The highest BCUT2D eigenvalue weighted by Gasteiger charge is 2.15. The van der Waals surface area contributed by atoms with Gasteiger partial charge in [-0.05, 0) is 49.1 Å². The first-order chi connectivity index (χ1) is 12.5. The molecule has 0 bridgehead atoms. The summed E-state index contributed by atoms with van der Waals surface area (Å²) < 4.78 is 11.4. The van der Waals surface area contributed by atoms with Crippen LogP contribution in [0.3, 0.4) is 0 Å². The van der Waals surface area contributed by atoms with Gasteiger partial charge in [-0.1, -0.05) is 45.4 Å². The smallest absolute Gasteiger partial charge is 0.265 e. The number of rotatable bonds is 9. The summed E-state index contributed by atoms with van der Waals surface area (Å²) in [5.74, 6) is 1.73. The van der Waals surface area contributed by atoms with Gasteiger partial charge in [-0.15, -0.1) is 0 Å². The molecule has 0 saturated carbocycles. The maximum atomic E-state index is 12.4. The minimum atomic E-state index is -0.593. The summed E-state index contributed by atoms with van der Waals surface area (Å²) in [7, 11) is 0. The molecule has 2 aromatic carbocycles. The van der Waals surface area contributed by atoms with Gasteiger partial charge in [-0.3, -0.25) is 4.79 Å². The molecule has 2 rings (SSSR count). The number of carbonyl (C=O) groups is 1. The normalized spacial score (nSPS) is 11.9. The van der Waals surface area contributed by atoms with Crippen LogP contribution in [-0.2, 0) is 4.79 Å². The van der Waals surface area contributed by atoms with E-state index in [9.17, 15) is 4.79 Å². The Hall–Kier alpha value is -2.49. The number of ether oxygens (including phenoxy) is 2. The molecule has 26 heavy (non-hydrogen) atoms. The number of anilines is 1. The topological polar surface area (TPSA) is 47.6 Å². The van der Waals surface area contributed by atoms with Crippen LogP contribution in [0.5, 0.6) is 11.5 Å². The SMILES string of the molecule is CCCCOc1cccc(NC(=O)C(C)Oc2ccc(C(C)C)cc2)c1. The number of amides is 1. The minimum Gasteiger partial charge on any atom is -0.494 e. The van der Waals surface area contributed by atoms with E-state index in [1.807, 2.05) is 48.5 Å². The first-order valence-corrected chi connectivity index (χ1v) is 9.30. The van der Waals surface area contributed by atoms with Crippen LogP contribution in [0.2, 0.25) is 0 Å². The van der Waals surface area contributed by atoms with Crippen molar-refractivity contribution >= 4 is 11.6 Å². The van der Waals surface area contributed by atoms with Gasteiger partial charge >= 0.3 is 0 Å². The monoisotopic (exact) mass is 355 g/mol. The van der Waals surface area contributed by atoms with E-state index in [0.29, 0.717) is 24.0 Å². The Morgan fingerprint density at radius 3 is 2.42 bits per heavy atom. The zero-order chi connectivity index (χ0) is 18.9. The van der Waals surface area contributed by atoms with Crippen molar-refractivity contribution in [3.63, 3.8) is 0 Å². The molecule has 0 aliphatic heterocycles. The molecular formula is C22H29NO3. The molecule has 2 aromatic rings. The molecule has 140 valence electrons. The Morgan fingerprint density at radius 2 is 1.77 bits per heavy atom. The third kappa shape index (κ3) is 6.10. The molecule has 4 heteroatoms. The predicted octanol–water partition coefficient (Wildman–Crippen LogP) is 5.39. The summed E-state index contributed by atoms with van der Waals surface area (Å²) in [5.41, 5.74) is 1.95. The summed E-state index contributed by atoms with van der Waals surface area (Å²) in [6, 6.07) is 15.3. The van der Waals surface area contributed by atoms with Crippen LogP contribution in [0.15, 0.2) is 48.5 Å². The van der Waals surface area contributed by atoms with Crippen LogP contribution in [0, 0.1) is 0 Å². The van der Waals surface area contributed by atoms with Crippen LogP contribution in [0.4, 0.5) is 5.69 Å². The van der Waals surface area contributed by atoms with E-state index in [-0.39, 0.29) is 5.91 Å². The molecule has 0 aliphatic rings. The molecule has 0 heterocycles. The number of carbonyl (C=O) groups excluding carboxylic acids is 1. The minimum absolute atomic E-state index is 0.191. The van der Waals surface area contributed by atoms with E-state index in [1.165, 1.54) is 5.56 Å². The van der Waals surface area contributed by atoms with Crippen molar-refractivity contribution in [2.24, 2.45) is 0 Å². The number of nitrogens with one attached hydrogen (secondary N) is 1. The van der Waals surface area contributed by atoms with Crippen molar-refractivity contribution < 1.29 is 14.3 Å². The van der Waals surface area contributed by atoms with Gasteiger partial charge in [0.2, 0.25) is 0 Å². The lowest BCUT2D eigenvalue weighted by Gasteiger charge is -2.16. The second-order valence-electron chi connectivity index (χ2n) is 6.70. The van der Waals surface area contributed by atoms with Crippen molar-refractivity contribution in [3.05, 3.63) is 54.1 Å². The Kier molecular flexibility index (Phi) is 7.52. The van der Waals surface area contributed by atoms with Crippen LogP contribution in [0.1, 0.15) is 52.0 Å². The fourth-order valence-electron chi connectivity index (χ4n) is 2.43. The highest BCUT2D eigenvalue weighted by Crippen LogP contribution is 2.21. The number of unbranched alkanes of at least 4 members (excludes halogenated alkanes) is 1. The second kappa shape index (κ2) is 9.85. The summed E-state index contributed by atoms with van der Waals surface area (Å²) in [4.78, 5) is 12.4. The van der Waals surface area contributed by atoms with Gasteiger partial charge in [-0.25, -0.2) is 0 Å². The van der Waals surface area contributed by atoms with Crippen molar-refractivity contribution in [1.29, 1.82) is 0 Å². The van der Waals surface area contributed by atoms with Crippen LogP contribution in [-0.4, -0.2) is 18.6 Å². The zero-order valence-electron chi connectivity index (χ0n) is 16.1. The molecule has 1 N–H and O–H groups in total. The quantitative estimate of drug-likeness (QED) is 0.613. The second-order valence-corrected chi connectivity index (χ2v) is 6.70. The third-order valence-corrected chi connectivity index (χ3v) is 4.10. The lowest BCUT2D eigenvalue weighted by Crippen LogP contribution is -2.30. The number of hydrogen-bond acceptors (Lipinski definition) is 3. The van der Waals surface area contributed by atoms with Crippen LogP contribution < -0.4 is 14.8 Å². The maximum Gasteiger partial charge on any atom is 0.265 e. The average Bonchev–Trinajstić information content (AvgIpc) is 2.62. The molecule has 1 amide bonds. The predicted molar refractivity (Wildman–Crippen MR) is 106 cm³/mol. The van der Waals surface area contributed by atoms with Gasteiger partial charge in [0.1, 0.15) is 11.5 Å². The van der Waals surface area contributed by atoms with E-state index in [2.05, 4.69) is 26.1 Å². The third-order valence-electron chi connectivity index (χ3n) is 4.10. The van der Waals surface area contributed by atoms with Crippen molar-refractivity contribution in [2.75, 3.05) is 11.9 Å². The highest BCUT2D eigenvalue weighted by molar-refractivity contribution is 5.94. The Balaban J connectivity index is 1.91. The van der Waals surface area contributed by atoms with Gasteiger partial charge in [0, 0.05) is 11.8 Å². The fraction of sp³-hybridized carbons (Fsp3) is 0.409. The molecule has 1 atom stereocenters. The molecule has 0 aliphatic carbocycles. The van der Waals surface area contributed by atoms with Gasteiger partial charge < -0.3 is 14.8 Å². The highest BCUT2D eigenvalue weighted by atomic mass is 16.5. The van der Waals surface area contributed by atoms with Gasteiger partial charge in [-0.2, -0.15) is 0 Å². The summed E-state index contributed by atoms with van der Waals surface area (Å²) in [6.07, 6.45) is 1.50. The molecular weight excluding hydrogens is 326 g/mol. The maximum absolute atomic E-state index is 12.4. The lowest BCUT2D eigenvalue weighted by molar-refractivity contribution is -0.122. The van der Waals surface area contributed by atoms with Gasteiger partial charge in [0.05, 0.1) is 6.61 Å². The van der Waals surface area contributed by atoms with Crippen LogP contribution >= 0.6 is 0 Å². The van der Waals surface area contributed by atoms with E-state index < -0.39 is 6.10 Å². The first kappa shape index (κ1) is 19.8. The molecule has 0 fully saturated rings. The molecule has 0 saturated heterocycles.